The molecule has 0 bridgehead atoms. The number of nitro groups is 1. The Morgan fingerprint density at radius 1 is 1.42 bits per heavy atom. The molecule has 2 aliphatic heterocycles. The van der Waals surface area contributed by atoms with Crippen LogP contribution in [0, 0.1) is 10.1 Å². The summed E-state index contributed by atoms with van der Waals surface area (Å²) in [6, 6.07) is 6.15. The number of nitrogens with zero attached hydrogens (tertiary/aromatic N) is 2. The Bertz CT molecular complexity index is 688. The average molecular weight is 350 g/mol. The summed E-state index contributed by atoms with van der Waals surface area (Å²) < 4.78 is 17.5. The predicted molar refractivity (Wildman–Crippen MR) is 88.3 cm³/mol. The largest absolute Gasteiger partial charge is 0.612 e. The Kier molecular flexibility index (Phi) is 4.77. The van der Waals surface area contributed by atoms with E-state index >= 15 is 0 Å². The van der Waals surface area contributed by atoms with E-state index in [9.17, 15) is 19.5 Å². The molecule has 24 heavy (non-hydrogen) atoms. The summed E-state index contributed by atoms with van der Waals surface area (Å²) in [5.41, 5.74) is 1.12. The zero-order chi connectivity index (χ0) is 17.3. The van der Waals surface area contributed by atoms with E-state index in [4.69, 9.17) is 4.74 Å². The van der Waals surface area contributed by atoms with Crippen molar-refractivity contribution in [1.82, 2.24) is 4.90 Å². The maximum atomic E-state index is 12.5. The molecule has 0 radical (unpaired) electrons. The van der Waals surface area contributed by atoms with E-state index in [2.05, 4.69) is 0 Å². The first-order valence-electron chi connectivity index (χ1n) is 7.80. The van der Waals surface area contributed by atoms with Crippen LogP contribution in [0.15, 0.2) is 34.9 Å². The first-order valence-corrected chi connectivity index (χ1v) is 9.11. The van der Waals surface area contributed by atoms with E-state index in [1.807, 2.05) is 11.8 Å². The fraction of sp³-hybridized carbons (Fsp3) is 0.438. The Hall–Kier alpha value is -2.06. The molecular weight excluding hydrogens is 332 g/mol. The molecule has 0 saturated carbocycles. The van der Waals surface area contributed by atoms with Crippen LogP contribution < -0.4 is 0 Å². The number of benzene rings is 1. The first kappa shape index (κ1) is 16.8. The van der Waals surface area contributed by atoms with Crippen LogP contribution in [0.1, 0.15) is 25.3 Å². The lowest BCUT2D eigenvalue weighted by Crippen LogP contribution is -2.44. The molecule has 128 valence electrons. The molecule has 2 unspecified atom stereocenters. The Morgan fingerprint density at radius 3 is 2.67 bits per heavy atom. The Balaban J connectivity index is 1.68. The Morgan fingerprint density at radius 2 is 2.12 bits per heavy atom. The fourth-order valence-electron chi connectivity index (χ4n) is 2.96. The molecule has 3 rings (SSSR count). The maximum absolute atomic E-state index is 12.5. The highest BCUT2D eigenvalue weighted by atomic mass is 32.2. The molecule has 2 atom stereocenters. The van der Waals surface area contributed by atoms with Crippen molar-refractivity contribution < 1.29 is 19.0 Å². The number of nitro benzene ring substituents is 1. The number of fused-ring (bicyclic) bond motifs is 1. The van der Waals surface area contributed by atoms with Gasteiger partial charge in [0.15, 0.2) is 10.6 Å². The highest BCUT2D eigenvalue weighted by molar-refractivity contribution is 7.95. The second-order valence-corrected chi connectivity index (χ2v) is 7.51. The minimum atomic E-state index is -1.15. The number of rotatable bonds is 6. The lowest BCUT2D eigenvalue weighted by atomic mass is 10.0. The van der Waals surface area contributed by atoms with Gasteiger partial charge in [-0.3, -0.25) is 10.1 Å². The lowest BCUT2D eigenvalue weighted by Gasteiger charge is -2.37. The van der Waals surface area contributed by atoms with Crippen molar-refractivity contribution in [3.05, 3.63) is 50.5 Å². The van der Waals surface area contributed by atoms with Gasteiger partial charge in [-0.05, 0) is 42.2 Å². The zero-order valence-electron chi connectivity index (χ0n) is 13.3. The molecule has 2 heterocycles. The van der Waals surface area contributed by atoms with Crippen LogP contribution in [0.5, 0.6) is 0 Å². The molecule has 1 aromatic carbocycles. The zero-order valence-corrected chi connectivity index (χ0v) is 14.1. The second kappa shape index (κ2) is 6.82. The number of esters is 1. The Labute approximate surface area is 142 Å². The van der Waals surface area contributed by atoms with Crippen molar-refractivity contribution in [1.29, 1.82) is 0 Å². The predicted octanol–water partition coefficient (Wildman–Crippen LogP) is 2.10. The summed E-state index contributed by atoms with van der Waals surface area (Å²) in [5.74, 6) is 0.0158. The van der Waals surface area contributed by atoms with Crippen molar-refractivity contribution in [2.24, 2.45) is 0 Å². The van der Waals surface area contributed by atoms with Crippen LogP contribution in [0.25, 0.3) is 0 Å². The van der Waals surface area contributed by atoms with E-state index < -0.39 is 22.1 Å². The van der Waals surface area contributed by atoms with Crippen molar-refractivity contribution >= 4 is 22.8 Å². The highest BCUT2D eigenvalue weighted by Crippen LogP contribution is 2.40. The highest BCUT2D eigenvalue weighted by Gasteiger charge is 2.46. The van der Waals surface area contributed by atoms with Crippen LogP contribution in [0.4, 0.5) is 5.69 Å². The van der Waals surface area contributed by atoms with E-state index in [0.29, 0.717) is 28.3 Å². The van der Waals surface area contributed by atoms with Gasteiger partial charge in [-0.1, -0.05) is 0 Å². The lowest BCUT2D eigenvalue weighted by molar-refractivity contribution is -0.384. The van der Waals surface area contributed by atoms with Gasteiger partial charge >= 0.3 is 5.97 Å². The number of carbonyl (C=O) groups is 1. The molecule has 0 spiro atoms. The first-order chi connectivity index (χ1) is 11.5. The summed E-state index contributed by atoms with van der Waals surface area (Å²) in [6.45, 7) is 2.65. The number of hydrogen-bond donors (Lipinski definition) is 0. The molecule has 1 aromatic rings. The summed E-state index contributed by atoms with van der Waals surface area (Å²) in [7, 11) is 0. The van der Waals surface area contributed by atoms with Crippen LogP contribution >= 0.6 is 0 Å². The van der Waals surface area contributed by atoms with Gasteiger partial charge in [-0.25, -0.2) is 4.79 Å². The summed E-state index contributed by atoms with van der Waals surface area (Å²) in [6.07, 6.45) is 1.67. The third kappa shape index (κ3) is 3.11. The van der Waals surface area contributed by atoms with Crippen LogP contribution in [-0.2, 0) is 27.3 Å². The number of ether oxygens (including phenoxy) is 1. The summed E-state index contributed by atoms with van der Waals surface area (Å²) >= 11 is -1.15. The van der Waals surface area contributed by atoms with Crippen LogP contribution in [-0.4, -0.2) is 38.7 Å². The fourth-order valence-corrected chi connectivity index (χ4v) is 4.10. The van der Waals surface area contributed by atoms with E-state index in [-0.39, 0.29) is 18.3 Å². The average Bonchev–Trinajstić information content (AvgIpc) is 2.83. The third-order valence-electron chi connectivity index (χ3n) is 4.36. The smallest absolute Gasteiger partial charge is 0.359 e. The van der Waals surface area contributed by atoms with Gasteiger partial charge in [0, 0.05) is 31.1 Å². The van der Waals surface area contributed by atoms with Gasteiger partial charge in [0.1, 0.15) is 12.4 Å². The standard InChI is InChI=1S/C16H18N2O5S/c1-2-24(22)14-9-13-7-8-17(13)15(14)16(19)23-10-11-3-5-12(6-4-11)18(20)21/h3-6,13H,2,7-10H2,1H3. The summed E-state index contributed by atoms with van der Waals surface area (Å²) in [5, 5.41) is 10.6. The normalized spacial score (nSPS) is 20.4. The minimum absolute atomic E-state index is 0.00683. The quantitative estimate of drug-likeness (QED) is 0.337. The third-order valence-corrected chi connectivity index (χ3v) is 5.80. The molecule has 7 nitrogen and oxygen atoms in total. The van der Waals surface area contributed by atoms with E-state index in [1.165, 1.54) is 12.1 Å². The number of carbonyl (C=O) groups excluding carboxylic acids is 1. The van der Waals surface area contributed by atoms with Crippen molar-refractivity contribution in [3.63, 3.8) is 0 Å². The van der Waals surface area contributed by atoms with Crippen LogP contribution in [0.2, 0.25) is 0 Å². The molecule has 1 fully saturated rings. The topological polar surface area (TPSA) is 95.7 Å². The number of hydrogen-bond acceptors (Lipinski definition) is 6. The number of non-ortho nitro benzene ring substituents is 1. The maximum Gasteiger partial charge on any atom is 0.359 e. The second-order valence-electron chi connectivity index (χ2n) is 5.75. The van der Waals surface area contributed by atoms with Gasteiger partial charge in [0.25, 0.3) is 5.69 Å². The van der Waals surface area contributed by atoms with Crippen molar-refractivity contribution in [2.45, 2.75) is 32.4 Å². The molecular formula is C16H18N2O5S. The van der Waals surface area contributed by atoms with Crippen molar-refractivity contribution in [2.75, 3.05) is 12.3 Å². The van der Waals surface area contributed by atoms with E-state index in [1.54, 1.807) is 12.1 Å². The molecule has 2 aliphatic rings. The van der Waals surface area contributed by atoms with Gasteiger partial charge < -0.3 is 14.2 Å². The van der Waals surface area contributed by atoms with E-state index in [0.717, 1.165) is 13.0 Å². The monoisotopic (exact) mass is 350 g/mol. The van der Waals surface area contributed by atoms with Gasteiger partial charge in [-0.2, -0.15) is 0 Å². The van der Waals surface area contributed by atoms with Crippen molar-refractivity contribution in [3.8, 4) is 0 Å². The molecule has 8 heteroatoms. The molecule has 0 aromatic heterocycles. The van der Waals surface area contributed by atoms with Gasteiger partial charge in [0.05, 0.1) is 4.92 Å². The molecule has 0 N–H and O–H groups in total. The van der Waals surface area contributed by atoms with Crippen LogP contribution in [0.3, 0.4) is 0 Å². The van der Waals surface area contributed by atoms with Gasteiger partial charge in [0.2, 0.25) is 0 Å². The molecule has 0 amide bonds. The SMILES string of the molecule is CC[S+]([O-])C1=C(C(=O)OCc2ccc([N+](=O)[O-])cc2)N2CCC2C1. The summed E-state index contributed by atoms with van der Waals surface area (Å²) in [4.78, 5) is 25.3. The van der Waals surface area contributed by atoms with Gasteiger partial charge in [-0.15, -0.1) is 0 Å². The molecule has 1 saturated heterocycles. The minimum Gasteiger partial charge on any atom is -0.612 e. The molecule has 0 aliphatic carbocycles.